The average Bonchev–Trinajstić information content (AvgIpc) is 2.55. The fourth-order valence-corrected chi connectivity index (χ4v) is 5.59. The van der Waals surface area contributed by atoms with Crippen LogP contribution in [0.25, 0.3) is 10.8 Å². The number of hydrogen-bond donors (Lipinski definition) is 0. The largest absolute Gasteiger partial charge is 0.506 e. The number of fused-ring (bicyclic) bond motifs is 1. The van der Waals surface area contributed by atoms with Crippen LogP contribution in [-0.4, -0.2) is 33.9 Å². The molecule has 0 spiro atoms. The summed E-state index contributed by atoms with van der Waals surface area (Å²) in [6.07, 6.45) is -0.537. The van der Waals surface area contributed by atoms with Crippen molar-refractivity contribution in [3.63, 3.8) is 0 Å². The number of benzene rings is 2. The van der Waals surface area contributed by atoms with Crippen molar-refractivity contribution in [2.24, 2.45) is 0 Å². The van der Waals surface area contributed by atoms with E-state index in [0.29, 0.717) is 19.3 Å². The van der Waals surface area contributed by atoms with Crippen LogP contribution >= 0.6 is 0 Å². The standard InChI is InChI=1S/C19H26O4Si/c1-5-21-24(22-6-2,23-16(4)15(3)20)14-18-12-9-11-17-10-7-8-13-19(17)18/h7-13,16H,5-6,14H2,1-4H3. The molecule has 24 heavy (non-hydrogen) atoms. The van der Waals surface area contributed by atoms with Gasteiger partial charge >= 0.3 is 8.80 Å². The molecule has 4 nitrogen and oxygen atoms in total. The first kappa shape index (κ1) is 18.8. The number of ketones is 1. The molecular formula is C19H26O4Si. The van der Waals surface area contributed by atoms with E-state index in [1.54, 1.807) is 6.92 Å². The molecule has 0 radical (unpaired) electrons. The second-order valence-electron chi connectivity index (χ2n) is 5.73. The van der Waals surface area contributed by atoms with Crippen LogP contribution in [0.1, 0.15) is 33.3 Å². The molecule has 0 aliphatic heterocycles. The Morgan fingerprint density at radius 2 is 1.67 bits per heavy atom. The Balaban J connectivity index is 2.40. The van der Waals surface area contributed by atoms with Crippen molar-refractivity contribution >= 4 is 25.4 Å². The second kappa shape index (κ2) is 8.53. The van der Waals surface area contributed by atoms with E-state index in [4.69, 9.17) is 13.3 Å². The lowest BCUT2D eigenvalue weighted by atomic mass is 10.1. The Morgan fingerprint density at radius 1 is 1.04 bits per heavy atom. The van der Waals surface area contributed by atoms with Gasteiger partial charge in [-0.05, 0) is 44.0 Å². The minimum atomic E-state index is -3.00. The number of rotatable bonds is 9. The van der Waals surface area contributed by atoms with Crippen LogP contribution in [-0.2, 0) is 24.1 Å². The van der Waals surface area contributed by atoms with E-state index in [1.807, 2.05) is 32.0 Å². The Labute approximate surface area is 145 Å². The quantitative estimate of drug-likeness (QED) is 0.645. The van der Waals surface area contributed by atoms with Crippen molar-refractivity contribution in [2.75, 3.05) is 13.2 Å². The highest BCUT2D eigenvalue weighted by atomic mass is 28.4. The van der Waals surface area contributed by atoms with Crippen molar-refractivity contribution < 1.29 is 18.1 Å². The highest BCUT2D eigenvalue weighted by Gasteiger charge is 2.43. The summed E-state index contributed by atoms with van der Waals surface area (Å²) in [5, 5.41) is 2.33. The minimum absolute atomic E-state index is 0.0239. The van der Waals surface area contributed by atoms with Gasteiger partial charge in [-0.3, -0.25) is 4.79 Å². The minimum Gasteiger partial charge on any atom is -0.374 e. The third-order valence-electron chi connectivity index (χ3n) is 3.94. The van der Waals surface area contributed by atoms with Crippen molar-refractivity contribution in [3.05, 3.63) is 48.0 Å². The fourth-order valence-electron chi connectivity index (χ4n) is 2.73. The van der Waals surface area contributed by atoms with Crippen LogP contribution in [0.15, 0.2) is 42.5 Å². The predicted octanol–water partition coefficient (Wildman–Crippen LogP) is 3.93. The van der Waals surface area contributed by atoms with E-state index in [-0.39, 0.29) is 5.78 Å². The van der Waals surface area contributed by atoms with Gasteiger partial charge in [0.05, 0.1) is 0 Å². The zero-order chi connectivity index (χ0) is 17.6. The van der Waals surface area contributed by atoms with E-state index in [2.05, 4.69) is 24.3 Å². The predicted molar refractivity (Wildman–Crippen MR) is 97.9 cm³/mol. The van der Waals surface area contributed by atoms with Crippen molar-refractivity contribution in [1.29, 1.82) is 0 Å². The van der Waals surface area contributed by atoms with Gasteiger partial charge in [0, 0.05) is 19.3 Å². The maximum atomic E-state index is 11.7. The summed E-state index contributed by atoms with van der Waals surface area (Å²) in [5.41, 5.74) is 1.12. The first-order chi connectivity index (χ1) is 11.5. The molecule has 0 bridgehead atoms. The normalized spacial score (nSPS) is 13.2. The van der Waals surface area contributed by atoms with E-state index in [1.165, 1.54) is 12.3 Å². The van der Waals surface area contributed by atoms with Crippen LogP contribution in [0, 0.1) is 0 Å². The number of carbonyl (C=O) groups is 1. The zero-order valence-corrected chi connectivity index (χ0v) is 15.9. The summed E-state index contributed by atoms with van der Waals surface area (Å²) >= 11 is 0. The first-order valence-electron chi connectivity index (χ1n) is 8.44. The highest BCUT2D eigenvalue weighted by molar-refractivity contribution is 6.60. The molecule has 0 aromatic heterocycles. The molecule has 2 aromatic carbocycles. The molecule has 0 amide bonds. The lowest BCUT2D eigenvalue weighted by molar-refractivity contribution is -0.125. The van der Waals surface area contributed by atoms with Gasteiger partial charge in [0.1, 0.15) is 6.10 Å². The third-order valence-corrected chi connectivity index (χ3v) is 6.93. The van der Waals surface area contributed by atoms with Gasteiger partial charge in [-0.2, -0.15) is 0 Å². The maximum absolute atomic E-state index is 11.7. The molecule has 2 aromatic rings. The number of hydrogen-bond acceptors (Lipinski definition) is 4. The molecule has 0 heterocycles. The van der Waals surface area contributed by atoms with Crippen molar-refractivity contribution in [1.82, 2.24) is 0 Å². The monoisotopic (exact) mass is 346 g/mol. The first-order valence-corrected chi connectivity index (χ1v) is 10.4. The molecular weight excluding hydrogens is 320 g/mol. The highest BCUT2D eigenvalue weighted by Crippen LogP contribution is 2.25. The van der Waals surface area contributed by atoms with Crippen LogP contribution in [0.3, 0.4) is 0 Å². The lowest BCUT2D eigenvalue weighted by Crippen LogP contribution is -2.51. The Morgan fingerprint density at radius 3 is 2.29 bits per heavy atom. The smallest absolute Gasteiger partial charge is 0.374 e. The Kier molecular flexibility index (Phi) is 6.68. The van der Waals surface area contributed by atoms with E-state index >= 15 is 0 Å². The molecule has 0 N–H and O–H groups in total. The molecule has 5 heteroatoms. The van der Waals surface area contributed by atoms with Gasteiger partial charge < -0.3 is 13.3 Å². The second-order valence-corrected chi connectivity index (χ2v) is 8.27. The number of Topliss-reactive ketones (excluding diaryl/α,β-unsaturated/α-hetero) is 1. The molecule has 0 saturated carbocycles. The third kappa shape index (κ3) is 4.51. The van der Waals surface area contributed by atoms with Crippen molar-refractivity contribution in [2.45, 2.75) is 39.8 Å². The van der Waals surface area contributed by atoms with Crippen LogP contribution in [0.5, 0.6) is 0 Å². The van der Waals surface area contributed by atoms with E-state index in [9.17, 15) is 4.79 Å². The summed E-state index contributed by atoms with van der Waals surface area (Å²) in [6.45, 7) is 8.10. The summed E-state index contributed by atoms with van der Waals surface area (Å²) in [4.78, 5) is 11.7. The van der Waals surface area contributed by atoms with Crippen molar-refractivity contribution in [3.8, 4) is 0 Å². The van der Waals surface area contributed by atoms with Gasteiger partial charge in [-0.1, -0.05) is 42.5 Å². The molecule has 0 saturated heterocycles. The molecule has 130 valence electrons. The molecule has 0 aliphatic carbocycles. The topological polar surface area (TPSA) is 44.8 Å². The average molecular weight is 346 g/mol. The lowest BCUT2D eigenvalue weighted by Gasteiger charge is -2.31. The van der Waals surface area contributed by atoms with Gasteiger partial charge in [0.2, 0.25) is 0 Å². The van der Waals surface area contributed by atoms with Crippen LogP contribution in [0.4, 0.5) is 0 Å². The van der Waals surface area contributed by atoms with Gasteiger partial charge in [0.15, 0.2) is 5.78 Å². The summed E-state index contributed by atoms with van der Waals surface area (Å²) in [5.74, 6) is -0.0239. The SMILES string of the molecule is CCO[Si](Cc1cccc2ccccc12)(OCC)OC(C)C(C)=O. The summed E-state index contributed by atoms with van der Waals surface area (Å²) in [6, 6.07) is 15.0. The van der Waals surface area contributed by atoms with Gasteiger partial charge in [0.25, 0.3) is 0 Å². The van der Waals surface area contributed by atoms with Gasteiger partial charge in [-0.15, -0.1) is 0 Å². The molecule has 2 rings (SSSR count). The Bertz CT molecular complexity index is 675. The van der Waals surface area contributed by atoms with E-state index < -0.39 is 14.9 Å². The van der Waals surface area contributed by atoms with E-state index in [0.717, 1.165) is 10.9 Å². The number of carbonyl (C=O) groups excluding carboxylic acids is 1. The molecule has 0 fully saturated rings. The van der Waals surface area contributed by atoms with Gasteiger partial charge in [-0.25, -0.2) is 0 Å². The summed E-state index contributed by atoms with van der Waals surface area (Å²) < 4.78 is 18.0. The maximum Gasteiger partial charge on any atom is 0.506 e. The van der Waals surface area contributed by atoms with Crippen LogP contribution < -0.4 is 0 Å². The molecule has 1 atom stereocenters. The fraction of sp³-hybridized carbons (Fsp3) is 0.421. The Hall–Kier alpha value is -1.53. The molecule has 1 unspecified atom stereocenters. The summed E-state index contributed by atoms with van der Waals surface area (Å²) in [7, 11) is -3.00. The van der Waals surface area contributed by atoms with Crippen LogP contribution in [0.2, 0.25) is 0 Å². The zero-order valence-electron chi connectivity index (χ0n) is 14.9. The molecule has 0 aliphatic rings.